The molecule has 208 valence electrons. The first-order valence-corrected chi connectivity index (χ1v) is 14.8. The Morgan fingerprint density at radius 1 is 0.386 bits per heavy atom. The monoisotopic (exact) mass is 564 g/mol. The molecule has 1 aliphatic rings. The predicted octanol–water partition coefficient (Wildman–Crippen LogP) is 8.23. The highest BCUT2D eigenvalue weighted by atomic mass is 14.7. The number of aromatic nitrogens is 2. The molecule has 3 heterocycles. The second kappa shape index (κ2) is 11.8. The number of benzene rings is 4. The fraction of sp³-hybridized carbons (Fsp3) is 0.100. The Morgan fingerprint density at radius 3 is 1.14 bits per heavy atom. The van der Waals surface area contributed by atoms with Gasteiger partial charge in [0.2, 0.25) is 0 Å². The summed E-state index contributed by atoms with van der Waals surface area (Å²) in [7, 11) is 0. The average Bonchev–Trinajstić information content (AvgIpc) is 3.04. The van der Waals surface area contributed by atoms with Crippen molar-refractivity contribution >= 4 is 0 Å². The molecular formula is C40H28N4. The van der Waals surface area contributed by atoms with Crippen LogP contribution in [0.15, 0.2) is 121 Å². The first-order chi connectivity index (χ1) is 21.6. The van der Waals surface area contributed by atoms with Gasteiger partial charge in [0, 0.05) is 42.0 Å². The fourth-order valence-electron chi connectivity index (χ4n) is 6.03. The van der Waals surface area contributed by atoms with Crippen LogP contribution in [0.25, 0.3) is 22.3 Å². The van der Waals surface area contributed by atoms with Gasteiger partial charge in [-0.15, -0.1) is 0 Å². The van der Waals surface area contributed by atoms with Gasteiger partial charge in [-0.05, 0) is 99.5 Å². The van der Waals surface area contributed by atoms with Crippen molar-refractivity contribution in [2.75, 3.05) is 0 Å². The number of hydrogen-bond donors (Lipinski definition) is 0. The molecule has 6 aromatic rings. The number of fused-ring (bicyclic) bond motifs is 8. The highest BCUT2D eigenvalue weighted by Crippen LogP contribution is 2.29. The Kier molecular flexibility index (Phi) is 7.25. The van der Waals surface area contributed by atoms with E-state index in [1.54, 1.807) is 0 Å². The van der Waals surface area contributed by atoms with E-state index in [9.17, 15) is 10.5 Å². The molecule has 0 N–H and O–H groups in total. The van der Waals surface area contributed by atoms with Crippen LogP contribution in [-0.2, 0) is 25.7 Å². The van der Waals surface area contributed by atoms with Gasteiger partial charge in [0.05, 0.1) is 23.3 Å². The maximum absolute atomic E-state index is 9.32. The lowest BCUT2D eigenvalue weighted by Crippen LogP contribution is -2.03. The van der Waals surface area contributed by atoms with Crippen LogP contribution in [0.5, 0.6) is 0 Å². The summed E-state index contributed by atoms with van der Waals surface area (Å²) in [5, 5.41) is 18.6. The summed E-state index contributed by atoms with van der Waals surface area (Å²) in [6, 6.07) is 46.2. The van der Waals surface area contributed by atoms with Crippen molar-refractivity contribution < 1.29 is 0 Å². The van der Waals surface area contributed by atoms with Crippen LogP contribution in [0.1, 0.15) is 56.2 Å². The standard InChI is InChI=1S/C40H28N4/c41-25-27-7-11-33(12-8-27)35-18-29-15-30-17-32(21-36(19-30)34-13-9-28(26-42)10-14-34)23-38-4-2-6-40(44-38)24-39-5-1-3-37(43-39)22-31(16-29)20-35/h1-14,16-21H,15,22-24H2. The van der Waals surface area contributed by atoms with Crippen molar-refractivity contribution in [1.82, 2.24) is 9.97 Å². The second-order valence-electron chi connectivity index (χ2n) is 11.4. The van der Waals surface area contributed by atoms with Gasteiger partial charge in [0.1, 0.15) is 0 Å². The minimum atomic E-state index is 0.652. The summed E-state index contributed by atoms with van der Waals surface area (Å²) in [6.45, 7) is 0. The quantitative estimate of drug-likeness (QED) is 0.212. The SMILES string of the molecule is N#Cc1ccc(-c2cc3cc(c2)Cc2cccc(n2)Cc2cccc(n2)Cc2cc(cc(-c4ccc(C#N)cc4)c2)C3)cc1. The highest BCUT2D eigenvalue weighted by molar-refractivity contribution is 5.68. The first kappa shape index (κ1) is 27.0. The zero-order valence-corrected chi connectivity index (χ0v) is 24.2. The van der Waals surface area contributed by atoms with Crippen molar-refractivity contribution in [2.45, 2.75) is 25.7 Å². The third kappa shape index (κ3) is 6.02. The molecule has 0 saturated carbocycles. The van der Waals surface area contributed by atoms with Gasteiger partial charge in [-0.25, -0.2) is 0 Å². The third-order valence-electron chi connectivity index (χ3n) is 8.07. The molecule has 4 aromatic carbocycles. The molecule has 2 aromatic heterocycles. The molecule has 0 spiro atoms. The normalized spacial score (nSPS) is 12.1. The van der Waals surface area contributed by atoms with E-state index in [0.29, 0.717) is 17.5 Å². The van der Waals surface area contributed by atoms with Gasteiger partial charge in [-0.1, -0.05) is 72.8 Å². The second-order valence-corrected chi connectivity index (χ2v) is 11.4. The van der Waals surface area contributed by atoms with E-state index in [-0.39, 0.29) is 0 Å². The molecule has 0 atom stereocenters. The van der Waals surface area contributed by atoms with E-state index in [2.05, 4.69) is 84.9 Å². The number of rotatable bonds is 2. The van der Waals surface area contributed by atoms with Gasteiger partial charge in [-0.3, -0.25) is 9.97 Å². The zero-order chi connectivity index (χ0) is 29.9. The Morgan fingerprint density at radius 2 is 0.750 bits per heavy atom. The summed E-state index contributed by atoms with van der Waals surface area (Å²) in [6.07, 6.45) is 2.87. The van der Waals surface area contributed by atoms with Crippen LogP contribution < -0.4 is 0 Å². The van der Waals surface area contributed by atoms with Gasteiger partial charge < -0.3 is 0 Å². The fourth-order valence-corrected chi connectivity index (χ4v) is 6.03. The van der Waals surface area contributed by atoms with Gasteiger partial charge >= 0.3 is 0 Å². The van der Waals surface area contributed by atoms with Crippen LogP contribution in [0.4, 0.5) is 0 Å². The van der Waals surface area contributed by atoms with E-state index in [4.69, 9.17) is 9.97 Å². The number of nitriles is 2. The van der Waals surface area contributed by atoms with Gasteiger partial charge in [-0.2, -0.15) is 10.5 Å². The smallest absolute Gasteiger partial charge is 0.0991 e. The van der Waals surface area contributed by atoms with Crippen LogP contribution in [-0.4, -0.2) is 9.97 Å². The highest BCUT2D eigenvalue weighted by Gasteiger charge is 2.12. The van der Waals surface area contributed by atoms with Crippen molar-refractivity contribution in [2.24, 2.45) is 0 Å². The maximum atomic E-state index is 9.32. The van der Waals surface area contributed by atoms with Crippen molar-refractivity contribution in [1.29, 1.82) is 10.5 Å². The van der Waals surface area contributed by atoms with Crippen molar-refractivity contribution in [3.05, 3.63) is 177 Å². The molecule has 1 aliphatic heterocycles. The maximum Gasteiger partial charge on any atom is 0.0991 e. The lowest BCUT2D eigenvalue weighted by molar-refractivity contribution is 0.939. The molecule has 4 heteroatoms. The zero-order valence-electron chi connectivity index (χ0n) is 24.2. The molecule has 0 unspecified atom stereocenters. The van der Waals surface area contributed by atoms with Crippen LogP contribution in [0, 0.1) is 22.7 Å². The van der Waals surface area contributed by atoms with E-state index >= 15 is 0 Å². The molecule has 0 saturated heterocycles. The summed E-state index contributed by atoms with van der Waals surface area (Å²) >= 11 is 0. The molecule has 44 heavy (non-hydrogen) atoms. The summed E-state index contributed by atoms with van der Waals surface area (Å²) < 4.78 is 0. The first-order valence-electron chi connectivity index (χ1n) is 14.8. The molecular weight excluding hydrogens is 536 g/mol. The van der Waals surface area contributed by atoms with Gasteiger partial charge in [0.25, 0.3) is 0 Å². The van der Waals surface area contributed by atoms with E-state index in [1.165, 1.54) is 22.3 Å². The summed E-state index contributed by atoms with van der Waals surface area (Å²) in [4.78, 5) is 10.0. The Bertz CT molecular complexity index is 1930. The topological polar surface area (TPSA) is 73.4 Å². The minimum Gasteiger partial charge on any atom is -0.257 e. The van der Waals surface area contributed by atoms with E-state index in [0.717, 1.165) is 64.3 Å². The Hall–Kier alpha value is -5.84. The number of nitrogens with zero attached hydrogens (tertiary/aromatic N) is 4. The summed E-state index contributed by atoms with van der Waals surface area (Å²) in [5.74, 6) is 0. The minimum absolute atomic E-state index is 0.652. The average molecular weight is 565 g/mol. The lowest BCUT2D eigenvalue weighted by Gasteiger charge is -2.14. The predicted molar refractivity (Wildman–Crippen MR) is 173 cm³/mol. The van der Waals surface area contributed by atoms with Crippen molar-refractivity contribution in [3.8, 4) is 34.4 Å². The van der Waals surface area contributed by atoms with Crippen LogP contribution >= 0.6 is 0 Å². The summed E-state index contributed by atoms with van der Waals surface area (Å²) in [5.41, 5.74) is 14.6. The van der Waals surface area contributed by atoms with Crippen LogP contribution in [0.3, 0.4) is 0 Å². The molecule has 0 amide bonds. The molecule has 0 fully saturated rings. The molecule has 4 nitrogen and oxygen atoms in total. The Balaban J connectivity index is 1.38. The number of pyridine rings is 2. The molecule has 8 bridgehead atoms. The molecule has 0 aliphatic carbocycles. The van der Waals surface area contributed by atoms with Gasteiger partial charge in [0.15, 0.2) is 0 Å². The third-order valence-corrected chi connectivity index (χ3v) is 8.07. The van der Waals surface area contributed by atoms with E-state index in [1.807, 2.05) is 48.5 Å². The molecule has 7 rings (SSSR count). The Labute approximate surface area is 257 Å². The van der Waals surface area contributed by atoms with Crippen LogP contribution in [0.2, 0.25) is 0 Å². The van der Waals surface area contributed by atoms with E-state index < -0.39 is 0 Å². The number of hydrogen-bond acceptors (Lipinski definition) is 4. The molecule has 0 radical (unpaired) electrons. The van der Waals surface area contributed by atoms with Crippen molar-refractivity contribution in [3.63, 3.8) is 0 Å². The largest absolute Gasteiger partial charge is 0.257 e. The lowest BCUT2D eigenvalue weighted by atomic mass is 9.91.